The number of likely N-dealkylation sites (N-methyl/N-ethyl adjacent to an activating group) is 1. The summed E-state index contributed by atoms with van der Waals surface area (Å²) in [5.74, 6) is 0.193. The van der Waals surface area contributed by atoms with Crippen molar-refractivity contribution in [3.8, 4) is 11.1 Å². The molecule has 194 valence electrons. The fourth-order valence-electron chi connectivity index (χ4n) is 5.64. The summed E-state index contributed by atoms with van der Waals surface area (Å²) < 4.78 is 12.3. The lowest BCUT2D eigenvalue weighted by atomic mass is 9.94. The second-order valence-electron chi connectivity index (χ2n) is 10.4. The number of aliphatic hydroxyl groups excluding tert-OH is 1. The Morgan fingerprint density at radius 3 is 2.67 bits per heavy atom. The number of carbonyl (C=O) groups excluding carboxylic acids is 1. The fourth-order valence-corrected chi connectivity index (χ4v) is 5.64. The van der Waals surface area contributed by atoms with Crippen LogP contribution >= 0.6 is 0 Å². The number of benzene rings is 1. The Balaban J connectivity index is 1.25. The van der Waals surface area contributed by atoms with E-state index in [0.717, 1.165) is 56.7 Å². The highest BCUT2D eigenvalue weighted by Gasteiger charge is 2.38. The number of aliphatic hydroxyl groups is 1. The number of rotatable bonds is 5. The van der Waals surface area contributed by atoms with Gasteiger partial charge in [-0.3, -0.25) is 14.7 Å². The molecule has 1 aromatic heterocycles. The van der Waals surface area contributed by atoms with E-state index in [2.05, 4.69) is 46.1 Å². The lowest BCUT2D eigenvalue weighted by molar-refractivity contribution is -0.161. The van der Waals surface area contributed by atoms with Crippen LogP contribution in [0.15, 0.2) is 48.8 Å². The van der Waals surface area contributed by atoms with Crippen molar-refractivity contribution in [3.05, 3.63) is 54.4 Å². The molecule has 1 amide bonds. The van der Waals surface area contributed by atoms with E-state index in [-0.39, 0.29) is 24.2 Å². The topological polar surface area (TPSA) is 78.4 Å². The van der Waals surface area contributed by atoms with Crippen LogP contribution in [-0.2, 0) is 20.8 Å². The molecule has 3 aliphatic heterocycles. The maximum absolute atomic E-state index is 12.9. The number of fused-ring (bicyclic) bond motifs is 1. The smallest absolute Gasteiger partial charge is 0.225 e. The normalized spacial score (nSPS) is 28.2. The number of nitrogens with zero attached hydrogens (tertiary/aromatic N) is 4. The number of pyridine rings is 1. The lowest BCUT2D eigenvalue weighted by Gasteiger charge is -2.45. The van der Waals surface area contributed by atoms with Crippen molar-refractivity contribution in [1.29, 1.82) is 0 Å². The second-order valence-corrected chi connectivity index (χ2v) is 10.4. The molecule has 8 heteroatoms. The molecule has 4 atom stereocenters. The lowest BCUT2D eigenvalue weighted by Crippen LogP contribution is -2.55. The molecule has 4 heterocycles. The van der Waals surface area contributed by atoms with Crippen molar-refractivity contribution in [3.63, 3.8) is 0 Å². The van der Waals surface area contributed by atoms with Gasteiger partial charge in [-0.1, -0.05) is 18.2 Å². The molecule has 0 saturated carbocycles. The largest absolute Gasteiger partial charge is 0.389 e. The van der Waals surface area contributed by atoms with Crippen LogP contribution in [0, 0.1) is 0 Å². The number of hydrogen-bond donors (Lipinski definition) is 1. The molecule has 8 nitrogen and oxygen atoms in total. The summed E-state index contributed by atoms with van der Waals surface area (Å²) in [7, 11) is 2.10. The predicted molar refractivity (Wildman–Crippen MR) is 137 cm³/mol. The second kappa shape index (κ2) is 11.8. The molecule has 0 aliphatic carbocycles. The number of β-amino-alcohol motifs (C(OH)–C–C–N with tert-alkyl or cyclic N) is 1. The van der Waals surface area contributed by atoms with E-state index in [1.54, 1.807) is 0 Å². The van der Waals surface area contributed by atoms with Gasteiger partial charge in [0.1, 0.15) is 0 Å². The van der Waals surface area contributed by atoms with Crippen LogP contribution in [0.4, 0.5) is 0 Å². The van der Waals surface area contributed by atoms with Gasteiger partial charge in [0.05, 0.1) is 37.9 Å². The molecule has 0 spiro atoms. The third-order valence-electron chi connectivity index (χ3n) is 7.67. The minimum absolute atomic E-state index is 0.0803. The number of amides is 1. The van der Waals surface area contributed by atoms with Crippen molar-refractivity contribution in [2.24, 2.45) is 0 Å². The molecule has 36 heavy (non-hydrogen) atoms. The average Bonchev–Trinajstić information content (AvgIpc) is 2.89. The summed E-state index contributed by atoms with van der Waals surface area (Å²) in [6.07, 6.45) is 5.09. The van der Waals surface area contributed by atoms with E-state index in [1.165, 1.54) is 5.56 Å². The Hall–Kier alpha value is -2.36. The van der Waals surface area contributed by atoms with Gasteiger partial charge in [-0.25, -0.2) is 0 Å². The zero-order chi connectivity index (χ0) is 24.9. The van der Waals surface area contributed by atoms with Crippen LogP contribution in [0.5, 0.6) is 0 Å². The number of carbonyl (C=O) groups is 1. The van der Waals surface area contributed by atoms with E-state index in [9.17, 15) is 9.90 Å². The monoisotopic (exact) mass is 494 g/mol. The highest BCUT2D eigenvalue weighted by molar-refractivity contribution is 5.76. The van der Waals surface area contributed by atoms with Gasteiger partial charge in [0, 0.05) is 57.7 Å². The summed E-state index contributed by atoms with van der Waals surface area (Å²) in [4.78, 5) is 23.6. The first-order valence-electron chi connectivity index (χ1n) is 13.2. The van der Waals surface area contributed by atoms with Crippen molar-refractivity contribution < 1.29 is 19.4 Å². The van der Waals surface area contributed by atoms with Crippen molar-refractivity contribution in [2.45, 2.75) is 50.2 Å². The van der Waals surface area contributed by atoms with E-state index in [0.29, 0.717) is 26.2 Å². The van der Waals surface area contributed by atoms with Crippen molar-refractivity contribution in [2.75, 3.05) is 53.0 Å². The molecule has 1 aromatic carbocycles. The van der Waals surface area contributed by atoms with Crippen molar-refractivity contribution >= 4 is 5.91 Å². The molecule has 3 saturated heterocycles. The maximum atomic E-state index is 12.9. The third-order valence-corrected chi connectivity index (χ3v) is 7.67. The van der Waals surface area contributed by atoms with Crippen LogP contribution < -0.4 is 0 Å². The van der Waals surface area contributed by atoms with Crippen LogP contribution in [0.25, 0.3) is 11.1 Å². The quantitative estimate of drug-likeness (QED) is 0.681. The maximum Gasteiger partial charge on any atom is 0.225 e. The van der Waals surface area contributed by atoms with E-state index < -0.39 is 6.10 Å². The highest BCUT2D eigenvalue weighted by atomic mass is 16.5. The first-order chi connectivity index (χ1) is 17.5. The van der Waals surface area contributed by atoms with Crippen molar-refractivity contribution in [1.82, 2.24) is 19.7 Å². The Labute approximate surface area is 213 Å². The van der Waals surface area contributed by atoms with Crippen LogP contribution in [-0.4, -0.2) is 108 Å². The fraction of sp³-hybridized carbons (Fsp3) is 0.571. The molecule has 0 unspecified atom stereocenters. The Bertz CT molecular complexity index is 998. The minimum Gasteiger partial charge on any atom is -0.389 e. The van der Waals surface area contributed by atoms with Gasteiger partial charge in [0.25, 0.3) is 0 Å². The van der Waals surface area contributed by atoms with Gasteiger partial charge in [-0.2, -0.15) is 0 Å². The van der Waals surface area contributed by atoms with E-state index in [4.69, 9.17) is 9.47 Å². The molecular weight excluding hydrogens is 456 g/mol. The molecule has 3 fully saturated rings. The summed E-state index contributed by atoms with van der Waals surface area (Å²) in [6.45, 7) is 5.44. The van der Waals surface area contributed by atoms with Gasteiger partial charge < -0.3 is 24.4 Å². The Kier molecular flexibility index (Phi) is 8.29. The van der Waals surface area contributed by atoms with E-state index in [1.807, 2.05) is 29.4 Å². The van der Waals surface area contributed by atoms with Gasteiger partial charge in [-0.15, -0.1) is 0 Å². The highest BCUT2D eigenvalue weighted by Crippen LogP contribution is 2.30. The summed E-state index contributed by atoms with van der Waals surface area (Å²) >= 11 is 0. The Morgan fingerprint density at radius 1 is 1.06 bits per heavy atom. The first kappa shape index (κ1) is 25.3. The van der Waals surface area contributed by atoms with Gasteiger partial charge in [0.15, 0.2) is 0 Å². The molecule has 0 radical (unpaired) electrons. The third kappa shape index (κ3) is 6.30. The zero-order valence-electron chi connectivity index (χ0n) is 21.2. The number of piperazine rings is 1. The van der Waals surface area contributed by atoms with Crippen LogP contribution in [0.1, 0.15) is 24.8 Å². The number of ether oxygens (including phenoxy) is 2. The minimum atomic E-state index is -0.536. The van der Waals surface area contributed by atoms with Gasteiger partial charge in [0.2, 0.25) is 5.91 Å². The average molecular weight is 495 g/mol. The molecule has 2 aromatic rings. The number of aromatic nitrogens is 1. The molecule has 1 N–H and O–H groups in total. The summed E-state index contributed by atoms with van der Waals surface area (Å²) in [5.41, 5.74) is 3.49. The van der Waals surface area contributed by atoms with Gasteiger partial charge in [-0.05, 0) is 54.8 Å². The standard InChI is InChI=1S/C28H38N4O4/c1-30-11-13-31(14-12-30)28(34)16-25-5-6-26-27(36-25)20-35-19-24(33)18-32(26)17-21-3-2-4-23(15-21)22-7-9-29-10-8-22/h2-4,7-10,15,24-27,33H,5-6,11-14,16-20H2,1H3/t24-,25+,26+,27-/m1/s1. The van der Waals surface area contributed by atoms with E-state index >= 15 is 0 Å². The number of hydrogen-bond acceptors (Lipinski definition) is 7. The van der Waals surface area contributed by atoms with Crippen LogP contribution in [0.2, 0.25) is 0 Å². The molecule has 5 rings (SSSR count). The van der Waals surface area contributed by atoms with Crippen LogP contribution in [0.3, 0.4) is 0 Å². The SMILES string of the molecule is CN1CCN(C(=O)C[C@@H]2CC[C@H]3[C@@H](COC[C@H](O)CN3Cc3cccc(-c4ccncc4)c3)O2)CC1. The first-order valence-corrected chi connectivity index (χ1v) is 13.2. The summed E-state index contributed by atoms with van der Waals surface area (Å²) in [6, 6.07) is 12.7. The summed E-state index contributed by atoms with van der Waals surface area (Å²) in [5, 5.41) is 10.6. The van der Waals surface area contributed by atoms with Gasteiger partial charge >= 0.3 is 0 Å². The Morgan fingerprint density at radius 2 is 1.86 bits per heavy atom. The zero-order valence-corrected chi connectivity index (χ0v) is 21.2. The molecule has 0 bridgehead atoms. The molecular formula is C28H38N4O4. The predicted octanol–water partition coefficient (Wildman–Crippen LogP) is 2.02. The molecule has 3 aliphatic rings.